The molecule has 0 bridgehead atoms. The van der Waals surface area contributed by atoms with E-state index >= 15 is 0 Å². The highest BCUT2D eigenvalue weighted by Crippen LogP contribution is 2.37. The fourth-order valence-electron chi connectivity index (χ4n) is 3.04. The number of hydroxylamine groups is 2. The third-order valence-electron chi connectivity index (χ3n) is 4.16. The Morgan fingerprint density at radius 1 is 1.39 bits per heavy atom. The summed E-state index contributed by atoms with van der Waals surface area (Å²) >= 11 is 0. The van der Waals surface area contributed by atoms with Gasteiger partial charge in [-0.3, -0.25) is 9.63 Å². The summed E-state index contributed by atoms with van der Waals surface area (Å²) in [4.78, 5) is 17.7. The van der Waals surface area contributed by atoms with Crippen molar-refractivity contribution in [2.75, 3.05) is 6.61 Å². The molecule has 2 aliphatic heterocycles. The fraction of sp³-hybridized carbons (Fsp3) is 0.588. The van der Waals surface area contributed by atoms with Crippen molar-refractivity contribution in [1.29, 1.82) is 0 Å². The van der Waals surface area contributed by atoms with Gasteiger partial charge in [0, 0.05) is 0 Å². The predicted molar refractivity (Wildman–Crippen MR) is 86.3 cm³/mol. The lowest BCUT2D eigenvalue weighted by Crippen LogP contribution is -2.59. The quantitative estimate of drug-likeness (QED) is 0.812. The van der Waals surface area contributed by atoms with E-state index in [2.05, 4.69) is 0 Å². The zero-order valence-electron chi connectivity index (χ0n) is 14.2. The van der Waals surface area contributed by atoms with E-state index in [0.29, 0.717) is 6.54 Å². The Hall–Kier alpha value is -1.47. The standard InChI is InChI=1S/C15H20N2O4.C2H6/c1-9-3-5-11(6-4-9)7-17-12-14(19)20-8-15(12,16)13(21-17)10(2)18;1-2/h3-6,10,12-13,18H,7-8,16H2,1-2H3;1-2H3. The van der Waals surface area contributed by atoms with Crippen LogP contribution in [0.2, 0.25) is 0 Å². The number of cyclic esters (lactones) is 1. The number of hydrogen-bond acceptors (Lipinski definition) is 6. The number of aryl methyl sites for hydroxylation is 1. The van der Waals surface area contributed by atoms with Gasteiger partial charge in [-0.05, 0) is 19.4 Å². The van der Waals surface area contributed by atoms with Gasteiger partial charge in [-0.1, -0.05) is 43.7 Å². The molecule has 3 rings (SSSR count). The Balaban J connectivity index is 0.000000924. The van der Waals surface area contributed by atoms with Crippen LogP contribution >= 0.6 is 0 Å². The first-order valence-electron chi connectivity index (χ1n) is 8.04. The van der Waals surface area contributed by atoms with E-state index in [4.69, 9.17) is 15.3 Å². The summed E-state index contributed by atoms with van der Waals surface area (Å²) in [7, 11) is 0. The number of carbonyl (C=O) groups excluding carboxylic acids is 1. The summed E-state index contributed by atoms with van der Waals surface area (Å²) in [5, 5.41) is 11.4. The molecule has 6 nitrogen and oxygen atoms in total. The highest BCUT2D eigenvalue weighted by molar-refractivity contribution is 5.80. The molecular formula is C17H26N2O4. The summed E-state index contributed by atoms with van der Waals surface area (Å²) in [6.45, 7) is 8.10. The normalized spacial score (nSPS) is 31.1. The molecule has 6 heteroatoms. The predicted octanol–water partition coefficient (Wildman–Crippen LogP) is 1.14. The van der Waals surface area contributed by atoms with Crippen molar-refractivity contribution in [3.63, 3.8) is 0 Å². The van der Waals surface area contributed by atoms with E-state index in [1.165, 1.54) is 5.06 Å². The molecule has 4 unspecified atom stereocenters. The molecule has 0 amide bonds. The number of carbonyl (C=O) groups is 1. The van der Waals surface area contributed by atoms with Crippen molar-refractivity contribution in [3.05, 3.63) is 35.4 Å². The molecule has 2 fully saturated rings. The molecule has 4 atom stereocenters. The van der Waals surface area contributed by atoms with Gasteiger partial charge in [0.25, 0.3) is 0 Å². The van der Waals surface area contributed by atoms with Gasteiger partial charge < -0.3 is 15.6 Å². The van der Waals surface area contributed by atoms with Crippen LogP contribution in [0.4, 0.5) is 0 Å². The zero-order valence-corrected chi connectivity index (χ0v) is 14.2. The van der Waals surface area contributed by atoms with Crippen LogP contribution in [0.5, 0.6) is 0 Å². The highest BCUT2D eigenvalue weighted by atomic mass is 16.7. The van der Waals surface area contributed by atoms with Crippen LogP contribution in [0.25, 0.3) is 0 Å². The molecule has 0 aliphatic carbocycles. The molecule has 1 aromatic rings. The second-order valence-corrected chi connectivity index (χ2v) is 5.95. The molecule has 2 saturated heterocycles. The number of nitrogens with two attached hydrogens (primary N) is 1. The maximum Gasteiger partial charge on any atom is 0.328 e. The van der Waals surface area contributed by atoms with Crippen molar-refractivity contribution in [3.8, 4) is 0 Å². The van der Waals surface area contributed by atoms with Gasteiger partial charge in [0.1, 0.15) is 18.2 Å². The Kier molecular flexibility index (Phi) is 5.41. The molecule has 128 valence electrons. The SMILES string of the molecule is CC.Cc1ccc(CN2OC(C(C)O)C3(N)COC(=O)C23)cc1. The van der Waals surface area contributed by atoms with E-state index in [0.717, 1.165) is 11.1 Å². The summed E-state index contributed by atoms with van der Waals surface area (Å²) in [6, 6.07) is 7.28. The van der Waals surface area contributed by atoms with Crippen molar-refractivity contribution >= 4 is 5.97 Å². The molecule has 2 heterocycles. The van der Waals surface area contributed by atoms with Gasteiger partial charge in [-0.25, -0.2) is 0 Å². The minimum atomic E-state index is -1.00. The van der Waals surface area contributed by atoms with Crippen molar-refractivity contribution in [1.82, 2.24) is 5.06 Å². The molecule has 0 radical (unpaired) electrons. The van der Waals surface area contributed by atoms with Crippen LogP contribution in [0, 0.1) is 6.92 Å². The van der Waals surface area contributed by atoms with Crippen LogP contribution in [0.15, 0.2) is 24.3 Å². The summed E-state index contributed by atoms with van der Waals surface area (Å²) < 4.78 is 5.09. The van der Waals surface area contributed by atoms with Crippen molar-refractivity contribution in [2.45, 2.75) is 58.0 Å². The minimum Gasteiger partial charge on any atom is -0.462 e. The largest absolute Gasteiger partial charge is 0.462 e. The first-order chi connectivity index (χ1) is 10.9. The fourth-order valence-corrected chi connectivity index (χ4v) is 3.04. The molecule has 2 aliphatic rings. The highest BCUT2D eigenvalue weighted by Gasteiger charge is 2.63. The first-order valence-corrected chi connectivity index (χ1v) is 8.04. The van der Waals surface area contributed by atoms with Crippen LogP contribution in [0.1, 0.15) is 31.9 Å². The second-order valence-electron chi connectivity index (χ2n) is 5.95. The minimum absolute atomic E-state index is 0.0659. The maximum atomic E-state index is 12.0. The number of aliphatic hydroxyl groups excluding tert-OH is 1. The first kappa shape index (κ1) is 17.9. The number of rotatable bonds is 3. The molecule has 1 aromatic carbocycles. The van der Waals surface area contributed by atoms with Crippen LogP contribution in [0.3, 0.4) is 0 Å². The van der Waals surface area contributed by atoms with E-state index in [-0.39, 0.29) is 6.61 Å². The summed E-state index contributed by atoms with van der Waals surface area (Å²) in [5.41, 5.74) is 7.46. The lowest BCUT2D eigenvalue weighted by Gasteiger charge is -2.26. The maximum absolute atomic E-state index is 12.0. The van der Waals surface area contributed by atoms with E-state index in [1.54, 1.807) is 6.92 Å². The molecule has 3 N–H and O–H groups in total. The van der Waals surface area contributed by atoms with Gasteiger partial charge in [0.2, 0.25) is 0 Å². The summed E-state index contributed by atoms with van der Waals surface area (Å²) in [6.07, 6.45) is -1.44. The van der Waals surface area contributed by atoms with Gasteiger partial charge >= 0.3 is 5.97 Å². The number of aliphatic hydroxyl groups is 1. The van der Waals surface area contributed by atoms with Gasteiger partial charge in [-0.2, -0.15) is 5.06 Å². The third kappa shape index (κ3) is 3.26. The van der Waals surface area contributed by atoms with Crippen molar-refractivity contribution < 1.29 is 19.5 Å². The Morgan fingerprint density at radius 3 is 2.57 bits per heavy atom. The number of benzene rings is 1. The third-order valence-corrected chi connectivity index (χ3v) is 4.16. The number of ether oxygens (including phenoxy) is 1. The Morgan fingerprint density at radius 2 is 2.00 bits per heavy atom. The average molecular weight is 322 g/mol. The number of hydrogen-bond donors (Lipinski definition) is 2. The number of esters is 1. The van der Waals surface area contributed by atoms with E-state index < -0.39 is 29.8 Å². The van der Waals surface area contributed by atoms with E-state index in [9.17, 15) is 9.90 Å². The van der Waals surface area contributed by atoms with Gasteiger partial charge in [0.15, 0.2) is 6.04 Å². The topological polar surface area (TPSA) is 85.0 Å². The lowest BCUT2D eigenvalue weighted by atomic mass is 9.86. The Labute approximate surface area is 137 Å². The van der Waals surface area contributed by atoms with Crippen LogP contribution in [-0.4, -0.2) is 46.5 Å². The summed E-state index contributed by atoms with van der Waals surface area (Å²) in [5.74, 6) is -0.396. The van der Waals surface area contributed by atoms with Crippen LogP contribution < -0.4 is 5.73 Å². The molecule has 23 heavy (non-hydrogen) atoms. The molecule has 0 aromatic heterocycles. The molecular weight excluding hydrogens is 296 g/mol. The lowest BCUT2D eigenvalue weighted by molar-refractivity contribution is -0.202. The van der Waals surface area contributed by atoms with Crippen molar-refractivity contribution in [2.24, 2.45) is 5.73 Å². The van der Waals surface area contributed by atoms with E-state index in [1.807, 2.05) is 45.0 Å². The Bertz CT molecular complexity index is 546. The molecule has 0 saturated carbocycles. The van der Waals surface area contributed by atoms with Gasteiger partial charge in [-0.15, -0.1) is 0 Å². The number of nitrogens with zero attached hydrogens (tertiary/aromatic N) is 1. The zero-order chi connectivity index (χ0) is 17.2. The van der Waals surface area contributed by atoms with Gasteiger partial charge in [0.05, 0.1) is 12.6 Å². The second kappa shape index (κ2) is 6.97. The molecule has 0 spiro atoms. The monoisotopic (exact) mass is 322 g/mol. The number of fused-ring (bicyclic) bond motifs is 1. The average Bonchev–Trinajstić information content (AvgIpc) is 2.99. The van der Waals surface area contributed by atoms with Crippen LogP contribution in [-0.2, 0) is 20.9 Å². The smallest absolute Gasteiger partial charge is 0.328 e.